The van der Waals surface area contributed by atoms with E-state index in [4.69, 9.17) is 5.53 Å². The lowest BCUT2D eigenvalue weighted by Gasteiger charge is -2.10. The first kappa shape index (κ1) is 16.8. The molecule has 1 atom stereocenters. The van der Waals surface area contributed by atoms with E-state index in [0.29, 0.717) is 19.3 Å². The first-order chi connectivity index (χ1) is 11.0. The van der Waals surface area contributed by atoms with Crippen LogP contribution in [0.5, 0.6) is 0 Å². The largest absolute Gasteiger partial charge is 0.393 e. The third-order valence-electron chi connectivity index (χ3n) is 3.60. The molecule has 0 aromatic carbocycles. The average molecular weight is 321 g/mol. The molecule has 0 amide bonds. The molecule has 23 heavy (non-hydrogen) atoms. The van der Waals surface area contributed by atoms with Crippen LogP contribution in [0, 0.1) is 0 Å². The Kier molecular flexibility index (Phi) is 5.20. The topological polar surface area (TPSA) is 131 Å². The minimum Gasteiger partial charge on any atom is -0.393 e. The Morgan fingerprint density at radius 3 is 2.78 bits per heavy atom. The van der Waals surface area contributed by atoms with Crippen LogP contribution in [-0.2, 0) is 20.3 Å². The van der Waals surface area contributed by atoms with Gasteiger partial charge in [0.15, 0.2) is 11.2 Å². The smallest absolute Gasteiger partial charge is 0.332 e. The van der Waals surface area contributed by atoms with Crippen molar-refractivity contribution >= 4 is 11.2 Å². The SMILES string of the molecule is CC(O)CCCCn1c(=O)c2c(ncn2C)n(CN=[N+]=[N-])c1=O. The highest BCUT2D eigenvalue weighted by Gasteiger charge is 2.16. The number of fused-ring (bicyclic) bond motifs is 1. The van der Waals surface area contributed by atoms with Gasteiger partial charge in [0.2, 0.25) is 0 Å². The van der Waals surface area contributed by atoms with Crippen LogP contribution < -0.4 is 11.2 Å². The molecule has 1 unspecified atom stereocenters. The lowest BCUT2D eigenvalue weighted by molar-refractivity contribution is 0.180. The first-order valence-electron chi connectivity index (χ1n) is 7.31. The van der Waals surface area contributed by atoms with Crippen LogP contribution >= 0.6 is 0 Å². The van der Waals surface area contributed by atoms with Gasteiger partial charge in [0.25, 0.3) is 5.56 Å². The highest BCUT2D eigenvalue weighted by atomic mass is 16.3. The molecule has 0 aliphatic rings. The molecule has 10 nitrogen and oxygen atoms in total. The number of unbranched alkanes of at least 4 members (excludes halogenated alkanes) is 1. The molecule has 0 spiro atoms. The van der Waals surface area contributed by atoms with Gasteiger partial charge in [0.05, 0.1) is 12.4 Å². The maximum atomic E-state index is 12.5. The number of rotatable bonds is 7. The lowest BCUT2D eigenvalue weighted by Crippen LogP contribution is -2.40. The fourth-order valence-corrected chi connectivity index (χ4v) is 2.44. The molecule has 2 rings (SSSR count). The van der Waals surface area contributed by atoms with Crippen molar-refractivity contribution in [3.63, 3.8) is 0 Å². The van der Waals surface area contributed by atoms with Gasteiger partial charge in [-0.3, -0.25) is 13.9 Å². The normalized spacial score (nSPS) is 12.3. The summed E-state index contributed by atoms with van der Waals surface area (Å²) < 4.78 is 3.85. The molecule has 2 aromatic heterocycles. The van der Waals surface area contributed by atoms with E-state index in [1.54, 1.807) is 14.0 Å². The van der Waals surface area contributed by atoms with Crippen molar-refractivity contribution in [3.05, 3.63) is 37.6 Å². The molecule has 0 aliphatic carbocycles. The summed E-state index contributed by atoms with van der Waals surface area (Å²) in [6.07, 6.45) is 2.92. The van der Waals surface area contributed by atoms with Crippen molar-refractivity contribution in [1.29, 1.82) is 0 Å². The summed E-state index contributed by atoms with van der Waals surface area (Å²) in [5.41, 5.74) is 7.99. The molecule has 2 heterocycles. The maximum absolute atomic E-state index is 12.5. The van der Waals surface area contributed by atoms with Crippen LogP contribution in [-0.4, -0.2) is 29.9 Å². The molecule has 0 fully saturated rings. The van der Waals surface area contributed by atoms with Crippen LogP contribution in [0.25, 0.3) is 21.6 Å². The molecular weight excluding hydrogens is 302 g/mol. The predicted octanol–water partition coefficient (Wildman–Crippen LogP) is 0.716. The summed E-state index contributed by atoms with van der Waals surface area (Å²) in [5.74, 6) is 0. The predicted molar refractivity (Wildman–Crippen MR) is 83.9 cm³/mol. The number of hydrogen-bond acceptors (Lipinski definition) is 5. The van der Waals surface area contributed by atoms with Crippen molar-refractivity contribution in [3.8, 4) is 0 Å². The minimum atomic E-state index is -0.550. The monoisotopic (exact) mass is 321 g/mol. The Morgan fingerprint density at radius 2 is 2.13 bits per heavy atom. The van der Waals surface area contributed by atoms with Gasteiger partial charge >= 0.3 is 5.69 Å². The standard InChI is InChI=1S/C13H19N7O3/c1-9(21)5-3-4-6-19-12(22)10-11(15-7-18(10)2)20(13(19)23)8-16-17-14/h7,9,21H,3-6,8H2,1-2H3. The summed E-state index contributed by atoms with van der Waals surface area (Å²) in [7, 11) is 1.66. The van der Waals surface area contributed by atoms with Crippen molar-refractivity contribution in [1.82, 2.24) is 18.7 Å². The lowest BCUT2D eigenvalue weighted by atomic mass is 10.2. The van der Waals surface area contributed by atoms with E-state index in [1.807, 2.05) is 0 Å². The maximum Gasteiger partial charge on any atom is 0.332 e. The molecule has 0 bridgehead atoms. The minimum absolute atomic E-state index is 0.204. The number of aromatic nitrogens is 4. The second-order valence-electron chi connectivity index (χ2n) is 5.41. The quantitative estimate of drug-likeness (QED) is 0.348. The molecule has 0 radical (unpaired) electrons. The van der Waals surface area contributed by atoms with Crippen LogP contribution in [0.2, 0.25) is 0 Å². The first-order valence-corrected chi connectivity index (χ1v) is 7.31. The van der Waals surface area contributed by atoms with E-state index < -0.39 is 17.4 Å². The fourth-order valence-electron chi connectivity index (χ4n) is 2.44. The molecular formula is C13H19N7O3. The average Bonchev–Trinajstić information content (AvgIpc) is 2.88. The Hall–Kier alpha value is -2.58. The van der Waals surface area contributed by atoms with E-state index in [2.05, 4.69) is 15.0 Å². The van der Waals surface area contributed by atoms with Gasteiger partial charge in [-0.2, -0.15) is 0 Å². The van der Waals surface area contributed by atoms with E-state index in [1.165, 1.54) is 15.5 Å². The highest BCUT2D eigenvalue weighted by Crippen LogP contribution is 2.06. The van der Waals surface area contributed by atoms with Gasteiger partial charge in [-0.1, -0.05) is 5.11 Å². The zero-order valence-corrected chi connectivity index (χ0v) is 13.1. The van der Waals surface area contributed by atoms with Gasteiger partial charge < -0.3 is 9.67 Å². The Balaban J connectivity index is 2.47. The van der Waals surface area contributed by atoms with E-state index in [-0.39, 0.29) is 24.4 Å². The number of hydrogen-bond donors (Lipinski definition) is 1. The van der Waals surface area contributed by atoms with Crippen LogP contribution in [0.15, 0.2) is 21.0 Å². The third-order valence-corrected chi connectivity index (χ3v) is 3.60. The molecule has 2 aromatic rings. The van der Waals surface area contributed by atoms with Gasteiger partial charge in [-0.15, -0.1) is 0 Å². The van der Waals surface area contributed by atoms with Crippen LogP contribution in [0.4, 0.5) is 0 Å². The van der Waals surface area contributed by atoms with Crippen LogP contribution in [0.3, 0.4) is 0 Å². The molecule has 1 N–H and O–H groups in total. The summed E-state index contributed by atoms with van der Waals surface area (Å²) >= 11 is 0. The number of nitrogens with zero attached hydrogens (tertiary/aromatic N) is 7. The van der Waals surface area contributed by atoms with Crippen molar-refractivity contribution in [2.75, 3.05) is 0 Å². The summed E-state index contributed by atoms with van der Waals surface area (Å²) in [5, 5.41) is 12.7. The number of aryl methyl sites for hydroxylation is 1. The molecule has 0 saturated carbocycles. The van der Waals surface area contributed by atoms with Gasteiger partial charge in [0, 0.05) is 18.5 Å². The molecule has 0 aliphatic heterocycles. The van der Waals surface area contributed by atoms with E-state index in [0.717, 1.165) is 4.57 Å². The van der Waals surface area contributed by atoms with Gasteiger partial charge in [-0.05, 0) is 31.7 Å². The fraction of sp³-hybridized carbons (Fsp3) is 0.615. The number of aliphatic hydroxyl groups is 1. The van der Waals surface area contributed by atoms with Gasteiger partial charge in [-0.25, -0.2) is 9.78 Å². The summed E-state index contributed by atoms with van der Waals surface area (Å²) in [4.78, 5) is 31.7. The van der Waals surface area contributed by atoms with Crippen molar-refractivity contribution < 1.29 is 5.11 Å². The number of aliphatic hydroxyl groups excluding tert-OH is 1. The Morgan fingerprint density at radius 1 is 1.39 bits per heavy atom. The molecule has 0 saturated heterocycles. The van der Waals surface area contributed by atoms with Gasteiger partial charge in [0.1, 0.15) is 6.67 Å². The summed E-state index contributed by atoms with van der Waals surface area (Å²) in [6, 6.07) is 0. The van der Waals surface area contributed by atoms with Crippen molar-refractivity contribution in [2.24, 2.45) is 12.2 Å². The summed E-state index contributed by atoms with van der Waals surface area (Å²) in [6.45, 7) is 1.71. The van der Waals surface area contributed by atoms with Crippen molar-refractivity contribution in [2.45, 2.75) is 45.5 Å². The van der Waals surface area contributed by atoms with E-state index in [9.17, 15) is 14.7 Å². The number of azide groups is 1. The Labute approximate surface area is 131 Å². The highest BCUT2D eigenvalue weighted by molar-refractivity contribution is 5.69. The van der Waals surface area contributed by atoms with Crippen LogP contribution in [0.1, 0.15) is 26.2 Å². The second kappa shape index (κ2) is 7.12. The second-order valence-corrected chi connectivity index (χ2v) is 5.41. The number of imidazole rings is 1. The van der Waals surface area contributed by atoms with E-state index >= 15 is 0 Å². The molecule has 10 heteroatoms. The third kappa shape index (κ3) is 3.43. The zero-order valence-electron chi connectivity index (χ0n) is 13.1. The molecule has 124 valence electrons. The Bertz CT molecular complexity index is 855. The zero-order chi connectivity index (χ0) is 17.0.